The summed E-state index contributed by atoms with van der Waals surface area (Å²) in [5, 5.41) is 3.03. The van der Waals surface area contributed by atoms with Gasteiger partial charge in [0.15, 0.2) is 0 Å². The number of hydrogen-bond acceptors (Lipinski definition) is 6. The lowest BCUT2D eigenvalue weighted by Gasteiger charge is -2.21. The standard InChI is InChI=1S/C13H22N4O3/c1-4-15-12-10-14-9-11(16-12)13(18)17(5-7-19-2)6-8-20-3/h9-10H,4-8H2,1-3H3,(H,15,16). The molecule has 0 aliphatic carbocycles. The van der Waals surface area contributed by atoms with Gasteiger partial charge in [0.1, 0.15) is 11.5 Å². The molecule has 1 heterocycles. The zero-order valence-electron chi connectivity index (χ0n) is 12.3. The second-order valence-electron chi connectivity index (χ2n) is 4.10. The van der Waals surface area contributed by atoms with Crippen molar-refractivity contribution >= 4 is 11.7 Å². The van der Waals surface area contributed by atoms with E-state index in [0.29, 0.717) is 37.8 Å². The quantitative estimate of drug-likeness (QED) is 0.716. The first-order chi connectivity index (χ1) is 9.72. The monoisotopic (exact) mass is 282 g/mol. The summed E-state index contributed by atoms with van der Waals surface area (Å²) in [6.45, 7) is 4.60. The van der Waals surface area contributed by atoms with Gasteiger partial charge in [-0.1, -0.05) is 0 Å². The summed E-state index contributed by atoms with van der Waals surface area (Å²) in [5.41, 5.74) is 0.315. The van der Waals surface area contributed by atoms with Crippen molar-refractivity contribution in [2.75, 3.05) is 52.4 Å². The molecule has 0 spiro atoms. The Morgan fingerprint density at radius 1 is 1.25 bits per heavy atom. The molecular formula is C13H22N4O3. The van der Waals surface area contributed by atoms with Gasteiger partial charge >= 0.3 is 0 Å². The van der Waals surface area contributed by atoms with E-state index in [0.717, 1.165) is 6.54 Å². The molecule has 0 saturated carbocycles. The van der Waals surface area contributed by atoms with Crippen LogP contribution >= 0.6 is 0 Å². The molecule has 1 aromatic rings. The van der Waals surface area contributed by atoms with Crippen LogP contribution in [-0.2, 0) is 9.47 Å². The van der Waals surface area contributed by atoms with Crippen molar-refractivity contribution in [1.82, 2.24) is 14.9 Å². The second-order valence-corrected chi connectivity index (χ2v) is 4.10. The van der Waals surface area contributed by atoms with Crippen molar-refractivity contribution in [3.63, 3.8) is 0 Å². The van der Waals surface area contributed by atoms with Crippen LogP contribution in [-0.4, -0.2) is 67.8 Å². The molecule has 0 atom stereocenters. The van der Waals surface area contributed by atoms with Crippen LogP contribution in [0.5, 0.6) is 0 Å². The summed E-state index contributed by atoms with van der Waals surface area (Å²) in [7, 11) is 3.20. The van der Waals surface area contributed by atoms with E-state index < -0.39 is 0 Å². The maximum Gasteiger partial charge on any atom is 0.274 e. The van der Waals surface area contributed by atoms with Gasteiger partial charge in [-0.15, -0.1) is 0 Å². The molecule has 7 nitrogen and oxygen atoms in total. The van der Waals surface area contributed by atoms with Crippen molar-refractivity contribution in [1.29, 1.82) is 0 Å². The largest absolute Gasteiger partial charge is 0.383 e. The number of anilines is 1. The molecule has 0 aliphatic heterocycles. The van der Waals surface area contributed by atoms with E-state index in [-0.39, 0.29) is 5.91 Å². The van der Waals surface area contributed by atoms with Crippen molar-refractivity contribution < 1.29 is 14.3 Å². The third-order valence-electron chi connectivity index (χ3n) is 2.63. The topological polar surface area (TPSA) is 76.6 Å². The lowest BCUT2D eigenvalue weighted by Crippen LogP contribution is -2.37. The Bertz CT molecular complexity index is 406. The van der Waals surface area contributed by atoms with Crippen LogP contribution in [0.2, 0.25) is 0 Å². The van der Waals surface area contributed by atoms with Crippen molar-refractivity contribution in [3.8, 4) is 0 Å². The molecule has 7 heteroatoms. The van der Waals surface area contributed by atoms with E-state index in [9.17, 15) is 4.79 Å². The molecule has 0 saturated heterocycles. The molecule has 0 unspecified atom stereocenters. The van der Waals surface area contributed by atoms with E-state index in [4.69, 9.17) is 9.47 Å². The Balaban J connectivity index is 2.78. The van der Waals surface area contributed by atoms with Crippen molar-refractivity contribution in [2.24, 2.45) is 0 Å². The van der Waals surface area contributed by atoms with E-state index in [2.05, 4.69) is 15.3 Å². The number of aromatic nitrogens is 2. The van der Waals surface area contributed by atoms with Gasteiger partial charge in [-0.25, -0.2) is 4.98 Å². The molecule has 0 aromatic carbocycles. The highest BCUT2D eigenvalue weighted by atomic mass is 16.5. The van der Waals surface area contributed by atoms with Crippen LogP contribution in [0.1, 0.15) is 17.4 Å². The fraction of sp³-hybridized carbons (Fsp3) is 0.615. The first kappa shape index (κ1) is 16.3. The van der Waals surface area contributed by atoms with Crippen LogP contribution in [0, 0.1) is 0 Å². The highest BCUT2D eigenvalue weighted by Gasteiger charge is 2.17. The van der Waals surface area contributed by atoms with Crippen molar-refractivity contribution in [3.05, 3.63) is 18.1 Å². The molecular weight excluding hydrogens is 260 g/mol. The molecule has 0 fully saturated rings. The average Bonchev–Trinajstić information content (AvgIpc) is 2.47. The van der Waals surface area contributed by atoms with Gasteiger partial charge in [-0.3, -0.25) is 9.78 Å². The number of methoxy groups -OCH3 is 2. The van der Waals surface area contributed by atoms with Gasteiger partial charge in [0.25, 0.3) is 5.91 Å². The van der Waals surface area contributed by atoms with Gasteiger partial charge in [-0.2, -0.15) is 0 Å². The molecule has 0 bridgehead atoms. The zero-order valence-corrected chi connectivity index (χ0v) is 12.3. The Morgan fingerprint density at radius 2 is 1.90 bits per heavy atom. The number of carbonyl (C=O) groups excluding carboxylic acids is 1. The highest BCUT2D eigenvalue weighted by molar-refractivity contribution is 5.92. The van der Waals surface area contributed by atoms with Crippen LogP contribution in [0.15, 0.2) is 12.4 Å². The van der Waals surface area contributed by atoms with E-state index in [1.807, 2.05) is 6.92 Å². The lowest BCUT2D eigenvalue weighted by atomic mass is 10.3. The van der Waals surface area contributed by atoms with Crippen LogP contribution < -0.4 is 5.32 Å². The molecule has 1 rings (SSSR count). The number of carbonyl (C=O) groups is 1. The first-order valence-corrected chi connectivity index (χ1v) is 6.56. The first-order valence-electron chi connectivity index (χ1n) is 6.56. The Labute approximate surface area is 119 Å². The molecule has 112 valence electrons. The number of nitrogens with zero attached hydrogens (tertiary/aromatic N) is 3. The number of ether oxygens (including phenoxy) is 2. The van der Waals surface area contributed by atoms with Gasteiger partial charge in [0, 0.05) is 33.9 Å². The number of hydrogen-bond donors (Lipinski definition) is 1. The van der Waals surface area contributed by atoms with Crippen LogP contribution in [0.3, 0.4) is 0 Å². The van der Waals surface area contributed by atoms with Crippen molar-refractivity contribution in [2.45, 2.75) is 6.92 Å². The normalized spacial score (nSPS) is 10.3. The minimum absolute atomic E-state index is 0.175. The molecule has 1 N–H and O–H groups in total. The summed E-state index contributed by atoms with van der Waals surface area (Å²) in [6.07, 6.45) is 3.06. The number of amides is 1. The van der Waals surface area contributed by atoms with Gasteiger partial charge < -0.3 is 19.7 Å². The minimum atomic E-state index is -0.175. The zero-order chi connectivity index (χ0) is 14.8. The van der Waals surface area contributed by atoms with E-state index in [1.165, 1.54) is 6.20 Å². The maximum absolute atomic E-state index is 12.4. The molecule has 0 radical (unpaired) electrons. The summed E-state index contributed by atoms with van der Waals surface area (Å²) < 4.78 is 10.0. The molecule has 1 amide bonds. The fourth-order valence-corrected chi connectivity index (χ4v) is 1.62. The molecule has 0 aliphatic rings. The van der Waals surface area contributed by atoms with Crippen LogP contribution in [0.25, 0.3) is 0 Å². The average molecular weight is 282 g/mol. The van der Waals surface area contributed by atoms with Gasteiger partial charge in [0.2, 0.25) is 0 Å². The summed E-state index contributed by atoms with van der Waals surface area (Å²) in [5.74, 6) is 0.420. The number of rotatable bonds is 9. The van der Waals surface area contributed by atoms with Crippen LogP contribution in [0.4, 0.5) is 5.82 Å². The fourth-order valence-electron chi connectivity index (χ4n) is 1.62. The van der Waals surface area contributed by atoms with E-state index in [1.54, 1.807) is 25.3 Å². The molecule has 20 heavy (non-hydrogen) atoms. The summed E-state index contributed by atoms with van der Waals surface area (Å²) in [4.78, 5) is 22.3. The number of nitrogens with one attached hydrogen (secondary N) is 1. The predicted molar refractivity (Wildman–Crippen MR) is 75.9 cm³/mol. The Morgan fingerprint density at radius 3 is 2.45 bits per heavy atom. The molecule has 1 aromatic heterocycles. The van der Waals surface area contributed by atoms with Gasteiger partial charge in [0.05, 0.1) is 25.6 Å². The second kappa shape index (κ2) is 9.22. The SMILES string of the molecule is CCNc1cncc(C(=O)N(CCOC)CCOC)n1. The Hall–Kier alpha value is -1.73. The lowest BCUT2D eigenvalue weighted by molar-refractivity contribution is 0.0621. The minimum Gasteiger partial charge on any atom is -0.383 e. The summed E-state index contributed by atoms with van der Waals surface area (Å²) in [6, 6.07) is 0. The third kappa shape index (κ3) is 5.10. The maximum atomic E-state index is 12.4. The third-order valence-corrected chi connectivity index (χ3v) is 2.63. The summed E-state index contributed by atoms with van der Waals surface area (Å²) >= 11 is 0. The van der Waals surface area contributed by atoms with E-state index >= 15 is 0 Å². The predicted octanol–water partition coefficient (Wildman–Crippen LogP) is 0.643. The van der Waals surface area contributed by atoms with Gasteiger partial charge in [-0.05, 0) is 6.92 Å². The smallest absolute Gasteiger partial charge is 0.274 e. The highest BCUT2D eigenvalue weighted by Crippen LogP contribution is 2.05. The Kier molecular flexibility index (Phi) is 7.52.